The molecule has 1 aromatic carbocycles. The van der Waals surface area contributed by atoms with Crippen molar-refractivity contribution in [2.45, 2.75) is 52.7 Å². The van der Waals surface area contributed by atoms with E-state index in [1.54, 1.807) is 0 Å². The summed E-state index contributed by atoms with van der Waals surface area (Å²) in [5.74, 6) is 6.65. The van der Waals surface area contributed by atoms with E-state index in [1.807, 2.05) is 53.7 Å². The Morgan fingerprint density at radius 1 is 1.15 bits per heavy atom. The van der Waals surface area contributed by atoms with E-state index in [1.165, 1.54) is 0 Å². The van der Waals surface area contributed by atoms with Crippen molar-refractivity contribution in [2.75, 3.05) is 5.84 Å². The molecule has 0 aliphatic carbocycles. The van der Waals surface area contributed by atoms with E-state index in [9.17, 15) is 4.79 Å². The smallest absolute Gasteiger partial charge is 0.399 e. The Morgan fingerprint density at radius 3 is 2.33 bits per heavy atom. The van der Waals surface area contributed by atoms with Crippen molar-refractivity contribution in [1.29, 1.82) is 0 Å². The van der Waals surface area contributed by atoms with Crippen LogP contribution in [0.5, 0.6) is 0 Å². The summed E-state index contributed by atoms with van der Waals surface area (Å²) in [5.41, 5.74) is 2.90. The van der Waals surface area contributed by atoms with Crippen molar-refractivity contribution in [3.8, 4) is 11.1 Å². The molecule has 27 heavy (non-hydrogen) atoms. The Labute approximate surface area is 156 Å². The number of benzene rings is 1. The first-order valence-corrected chi connectivity index (χ1v) is 8.84. The van der Waals surface area contributed by atoms with Crippen molar-refractivity contribution in [1.82, 2.24) is 14.8 Å². The monoisotopic (exact) mass is 370 g/mol. The predicted octanol–water partition coefficient (Wildman–Crippen LogP) is 1.61. The van der Waals surface area contributed by atoms with Crippen molar-refractivity contribution < 1.29 is 13.8 Å². The molecule has 3 N–H and O–H groups in total. The van der Waals surface area contributed by atoms with E-state index in [-0.39, 0.29) is 0 Å². The summed E-state index contributed by atoms with van der Waals surface area (Å²) in [6.45, 7) is 11.7. The topological polar surface area (TPSA) is 108 Å². The van der Waals surface area contributed by atoms with Gasteiger partial charge in [0.15, 0.2) is 0 Å². The molecule has 2 aromatic heterocycles. The second kappa shape index (κ2) is 5.49. The van der Waals surface area contributed by atoms with Crippen LogP contribution in [0.3, 0.4) is 0 Å². The highest BCUT2D eigenvalue weighted by atomic mass is 16.7. The van der Waals surface area contributed by atoms with Crippen LogP contribution >= 0.6 is 0 Å². The first-order valence-electron chi connectivity index (χ1n) is 8.84. The van der Waals surface area contributed by atoms with Crippen LogP contribution in [0.25, 0.3) is 22.2 Å². The van der Waals surface area contributed by atoms with Gasteiger partial charge in [-0.05, 0) is 53.2 Å². The Kier molecular flexibility index (Phi) is 3.64. The van der Waals surface area contributed by atoms with Gasteiger partial charge >= 0.3 is 12.8 Å². The second-order valence-electron chi connectivity index (χ2n) is 8.05. The lowest BCUT2D eigenvalue weighted by Gasteiger charge is -2.32. The summed E-state index contributed by atoms with van der Waals surface area (Å²) in [6, 6.07) is 3.78. The number of fused-ring (bicyclic) bond motifs is 1. The number of aromatic amines is 1. The zero-order valence-electron chi connectivity index (χ0n) is 16.3. The minimum Gasteiger partial charge on any atom is -0.399 e. The molecule has 1 aliphatic rings. The van der Waals surface area contributed by atoms with E-state index in [4.69, 9.17) is 19.7 Å². The maximum atomic E-state index is 12.2. The van der Waals surface area contributed by atoms with Crippen LogP contribution in [0.1, 0.15) is 39.1 Å². The van der Waals surface area contributed by atoms with Crippen LogP contribution < -0.4 is 17.0 Å². The van der Waals surface area contributed by atoms with E-state index >= 15 is 0 Å². The number of nitrogens with zero attached hydrogens (tertiary/aromatic N) is 2. The largest absolute Gasteiger partial charge is 0.497 e. The highest BCUT2D eigenvalue weighted by Gasteiger charge is 2.52. The first kappa shape index (κ1) is 17.9. The number of nitrogens with one attached hydrogen (secondary N) is 1. The van der Waals surface area contributed by atoms with Crippen LogP contribution in [-0.4, -0.2) is 33.1 Å². The summed E-state index contributed by atoms with van der Waals surface area (Å²) in [6.07, 6.45) is 0. The molecule has 0 unspecified atom stereocenters. The third-order valence-electron chi connectivity index (χ3n) is 5.69. The van der Waals surface area contributed by atoms with E-state index < -0.39 is 24.0 Å². The fraction of sp³-hybridized carbons (Fsp3) is 0.444. The number of aryl methyl sites for hydroxylation is 2. The Morgan fingerprint density at radius 2 is 1.78 bits per heavy atom. The van der Waals surface area contributed by atoms with Gasteiger partial charge in [0.1, 0.15) is 5.76 Å². The molecule has 8 nitrogen and oxygen atoms in total. The summed E-state index contributed by atoms with van der Waals surface area (Å²) in [7, 11) is -0.643. The van der Waals surface area contributed by atoms with E-state index in [0.29, 0.717) is 22.3 Å². The fourth-order valence-corrected chi connectivity index (χ4v) is 3.45. The normalized spacial score (nSPS) is 18.5. The van der Waals surface area contributed by atoms with Crippen LogP contribution in [-0.2, 0) is 9.31 Å². The molecule has 1 fully saturated rings. The van der Waals surface area contributed by atoms with Crippen LogP contribution in [0, 0.1) is 13.8 Å². The second-order valence-corrected chi connectivity index (χ2v) is 8.05. The lowest BCUT2D eigenvalue weighted by molar-refractivity contribution is 0.00578. The molecular formula is C18H23BN4O4. The molecule has 0 amide bonds. The third-order valence-corrected chi connectivity index (χ3v) is 5.69. The fourth-order valence-electron chi connectivity index (χ4n) is 3.45. The summed E-state index contributed by atoms with van der Waals surface area (Å²) in [4.78, 5) is 15.0. The number of hydrogen-bond acceptors (Lipinski definition) is 6. The molecule has 9 heteroatoms. The lowest BCUT2D eigenvalue weighted by atomic mass is 9.76. The molecule has 142 valence electrons. The molecule has 1 saturated heterocycles. The maximum Gasteiger partial charge on any atom is 0.497 e. The zero-order chi connectivity index (χ0) is 19.7. The van der Waals surface area contributed by atoms with Crippen molar-refractivity contribution in [2.24, 2.45) is 0 Å². The van der Waals surface area contributed by atoms with Gasteiger partial charge in [0, 0.05) is 11.0 Å². The minimum atomic E-state index is -0.643. The molecule has 3 heterocycles. The number of rotatable bonds is 2. The third kappa shape index (κ3) is 2.53. The predicted molar refractivity (Wildman–Crippen MR) is 103 cm³/mol. The maximum absolute atomic E-state index is 12.2. The van der Waals surface area contributed by atoms with Crippen LogP contribution in [0.4, 0.5) is 0 Å². The zero-order valence-corrected chi connectivity index (χ0v) is 16.3. The van der Waals surface area contributed by atoms with Gasteiger partial charge in [0.25, 0.3) is 0 Å². The van der Waals surface area contributed by atoms with Gasteiger partial charge in [-0.15, -0.1) is 0 Å². The molecular weight excluding hydrogens is 347 g/mol. The number of imidazole rings is 1. The number of hydrogen-bond donors (Lipinski definition) is 2. The van der Waals surface area contributed by atoms with Gasteiger partial charge in [0.05, 0.1) is 27.9 Å². The van der Waals surface area contributed by atoms with Crippen molar-refractivity contribution >= 4 is 23.6 Å². The number of H-pyrrole nitrogens is 1. The van der Waals surface area contributed by atoms with Crippen molar-refractivity contribution in [3.63, 3.8) is 0 Å². The average Bonchev–Trinajstić information content (AvgIpc) is 3.12. The van der Waals surface area contributed by atoms with Gasteiger partial charge in [-0.1, -0.05) is 11.2 Å². The summed E-state index contributed by atoms with van der Waals surface area (Å²) >= 11 is 0. The standard InChI is InChI=1S/C18H23BN4O4/c1-9-14(10(2)25-22-9)11-7-12(15-13(8-11)23(20)16(24)21-15)19-26-17(3,4)18(5,6)27-19/h7-8H,20H2,1-6H3,(H,21,24). The average molecular weight is 370 g/mol. The molecule has 4 rings (SSSR count). The van der Waals surface area contributed by atoms with Crippen LogP contribution in [0.15, 0.2) is 21.5 Å². The Hall–Kier alpha value is -2.52. The van der Waals surface area contributed by atoms with Gasteiger partial charge < -0.3 is 24.7 Å². The quantitative estimate of drug-likeness (QED) is 0.524. The number of nitrogens with two attached hydrogens (primary N) is 1. The lowest BCUT2D eigenvalue weighted by Crippen LogP contribution is -2.41. The first-order chi connectivity index (χ1) is 12.5. The van der Waals surface area contributed by atoms with Crippen molar-refractivity contribution in [3.05, 3.63) is 34.1 Å². The molecule has 0 radical (unpaired) electrons. The van der Waals surface area contributed by atoms with E-state index in [0.717, 1.165) is 21.5 Å². The Balaban J connectivity index is 1.98. The number of nitrogen functional groups attached to an aromatic ring is 1. The number of aromatic nitrogens is 3. The molecule has 1 aliphatic heterocycles. The molecule has 0 spiro atoms. The minimum absolute atomic E-state index is 0.404. The van der Waals surface area contributed by atoms with Crippen LogP contribution in [0.2, 0.25) is 0 Å². The molecule has 0 atom stereocenters. The van der Waals surface area contributed by atoms with E-state index in [2.05, 4.69) is 10.1 Å². The summed E-state index contributed by atoms with van der Waals surface area (Å²) in [5, 5.41) is 4.03. The summed E-state index contributed by atoms with van der Waals surface area (Å²) < 4.78 is 18.8. The molecule has 3 aromatic rings. The van der Waals surface area contributed by atoms with Gasteiger partial charge in [-0.3, -0.25) is 0 Å². The SMILES string of the molecule is Cc1noc(C)c1-c1cc(B2OC(C)(C)C(C)(C)O2)c2[nH]c(=O)n(N)c2c1. The molecule has 0 bridgehead atoms. The Bertz CT molecular complexity index is 1070. The molecule has 0 saturated carbocycles. The van der Waals surface area contributed by atoms with Gasteiger partial charge in [0.2, 0.25) is 0 Å². The van der Waals surface area contributed by atoms with Gasteiger partial charge in [-0.25, -0.2) is 9.47 Å². The van der Waals surface area contributed by atoms with Gasteiger partial charge in [-0.2, -0.15) is 0 Å². The highest BCUT2D eigenvalue weighted by molar-refractivity contribution is 6.65. The highest BCUT2D eigenvalue weighted by Crippen LogP contribution is 2.37.